The minimum absolute atomic E-state index is 0.0709. The van der Waals surface area contributed by atoms with Crippen LogP contribution in [0, 0.1) is 26.7 Å². The Balaban J connectivity index is 2.01. The Morgan fingerprint density at radius 1 is 1.33 bits per heavy atom. The maximum atomic E-state index is 12.3. The van der Waals surface area contributed by atoms with Crippen LogP contribution in [0.2, 0.25) is 0 Å². The number of nitrogens with zero attached hydrogens (tertiary/aromatic N) is 2. The summed E-state index contributed by atoms with van der Waals surface area (Å²) in [5.41, 5.74) is 8.73. The van der Waals surface area contributed by atoms with Crippen molar-refractivity contribution in [3.8, 4) is 0 Å². The molecule has 0 atom stereocenters. The molecule has 0 unspecified atom stereocenters. The lowest BCUT2D eigenvalue weighted by molar-refractivity contribution is -0.125. The number of aromatic nitrogens is 1. The molecule has 1 aromatic heterocycles. The van der Waals surface area contributed by atoms with Gasteiger partial charge < -0.3 is 16.0 Å². The third-order valence-electron chi connectivity index (χ3n) is 4.14. The van der Waals surface area contributed by atoms with E-state index in [9.17, 15) is 9.59 Å². The number of primary amides is 1. The molecule has 3 amide bonds. The van der Waals surface area contributed by atoms with E-state index in [2.05, 4.69) is 10.3 Å². The molecule has 1 fully saturated rings. The van der Waals surface area contributed by atoms with Crippen LogP contribution in [0.3, 0.4) is 0 Å². The van der Waals surface area contributed by atoms with Gasteiger partial charge in [-0.1, -0.05) is 0 Å². The van der Waals surface area contributed by atoms with Gasteiger partial charge in [-0.3, -0.25) is 9.78 Å². The maximum Gasteiger partial charge on any atom is 0.321 e. The van der Waals surface area contributed by atoms with E-state index in [4.69, 9.17) is 5.73 Å². The number of pyridine rings is 1. The Hall–Kier alpha value is -2.11. The SMILES string of the molecule is Cc1cc(C)c(NC(=O)N(C)C2CC(C(N)=O)C2)c(C)n1. The highest BCUT2D eigenvalue weighted by molar-refractivity contribution is 5.91. The fourth-order valence-electron chi connectivity index (χ4n) is 2.71. The van der Waals surface area contributed by atoms with Crippen molar-refractivity contribution in [2.45, 2.75) is 39.7 Å². The fourth-order valence-corrected chi connectivity index (χ4v) is 2.71. The van der Waals surface area contributed by atoms with Gasteiger partial charge in [0.05, 0.1) is 11.4 Å². The number of hydrogen-bond donors (Lipinski definition) is 2. The average molecular weight is 290 g/mol. The number of rotatable bonds is 3. The summed E-state index contributed by atoms with van der Waals surface area (Å²) in [6, 6.07) is 1.83. The van der Waals surface area contributed by atoms with Gasteiger partial charge in [0.2, 0.25) is 5.91 Å². The molecule has 6 nitrogen and oxygen atoms in total. The molecule has 0 spiro atoms. The number of aryl methyl sites for hydroxylation is 3. The van der Waals surface area contributed by atoms with Gasteiger partial charge in [0.1, 0.15) is 0 Å². The maximum absolute atomic E-state index is 12.3. The molecule has 2 rings (SSSR count). The first kappa shape index (κ1) is 15.3. The van der Waals surface area contributed by atoms with Crippen molar-refractivity contribution in [1.82, 2.24) is 9.88 Å². The van der Waals surface area contributed by atoms with Crippen molar-refractivity contribution in [3.05, 3.63) is 23.0 Å². The molecule has 0 saturated heterocycles. The Morgan fingerprint density at radius 3 is 2.48 bits per heavy atom. The van der Waals surface area contributed by atoms with Crippen molar-refractivity contribution < 1.29 is 9.59 Å². The smallest absolute Gasteiger partial charge is 0.321 e. The summed E-state index contributed by atoms with van der Waals surface area (Å²) in [5, 5.41) is 2.91. The zero-order valence-corrected chi connectivity index (χ0v) is 12.9. The molecule has 0 radical (unpaired) electrons. The van der Waals surface area contributed by atoms with Gasteiger partial charge in [-0.05, 0) is 45.2 Å². The summed E-state index contributed by atoms with van der Waals surface area (Å²) in [6.07, 6.45) is 1.28. The van der Waals surface area contributed by atoms with Gasteiger partial charge in [0, 0.05) is 24.7 Å². The van der Waals surface area contributed by atoms with E-state index in [0.717, 1.165) is 22.6 Å². The fraction of sp³-hybridized carbons (Fsp3) is 0.533. The molecule has 1 aliphatic carbocycles. The van der Waals surface area contributed by atoms with Crippen LogP contribution in [0.1, 0.15) is 29.8 Å². The molecule has 3 N–H and O–H groups in total. The van der Waals surface area contributed by atoms with Crippen LogP contribution in [-0.2, 0) is 4.79 Å². The van der Waals surface area contributed by atoms with Gasteiger partial charge in [-0.25, -0.2) is 4.79 Å². The zero-order chi connectivity index (χ0) is 15.7. The van der Waals surface area contributed by atoms with E-state index >= 15 is 0 Å². The van der Waals surface area contributed by atoms with Crippen molar-refractivity contribution in [2.24, 2.45) is 11.7 Å². The number of carbonyl (C=O) groups is 2. The number of anilines is 1. The number of hydrogen-bond acceptors (Lipinski definition) is 3. The van der Waals surface area contributed by atoms with Gasteiger partial charge in [-0.2, -0.15) is 0 Å². The van der Waals surface area contributed by atoms with Crippen LogP contribution in [0.5, 0.6) is 0 Å². The predicted molar refractivity (Wildman–Crippen MR) is 80.9 cm³/mol. The number of nitrogens with one attached hydrogen (secondary N) is 1. The molecule has 1 saturated carbocycles. The van der Waals surface area contributed by atoms with Crippen molar-refractivity contribution in [3.63, 3.8) is 0 Å². The first-order valence-corrected chi connectivity index (χ1v) is 7.07. The van der Waals surface area contributed by atoms with Gasteiger partial charge in [0.25, 0.3) is 0 Å². The number of nitrogens with two attached hydrogens (primary N) is 1. The molecule has 114 valence electrons. The number of urea groups is 1. The van der Waals surface area contributed by atoms with Crippen LogP contribution in [-0.4, -0.2) is 34.9 Å². The largest absolute Gasteiger partial charge is 0.369 e. The van der Waals surface area contributed by atoms with Gasteiger partial charge in [-0.15, -0.1) is 0 Å². The molecule has 1 heterocycles. The van der Waals surface area contributed by atoms with E-state index in [0.29, 0.717) is 12.8 Å². The first-order chi connectivity index (χ1) is 9.79. The van der Waals surface area contributed by atoms with E-state index in [1.807, 2.05) is 26.8 Å². The highest BCUT2D eigenvalue weighted by atomic mass is 16.2. The molecule has 0 aliphatic heterocycles. The minimum Gasteiger partial charge on any atom is -0.369 e. The summed E-state index contributed by atoms with van der Waals surface area (Å²) in [5.74, 6) is -0.385. The monoisotopic (exact) mass is 290 g/mol. The second-order valence-electron chi connectivity index (χ2n) is 5.81. The molecular formula is C15H22N4O2. The highest BCUT2D eigenvalue weighted by Gasteiger charge is 2.37. The summed E-state index contributed by atoms with van der Waals surface area (Å²) in [7, 11) is 1.74. The molecule has 1 aromatic rings. The first-order valence-electron chi connectivity index (χ1n) is 7.07. The lowest BCUT2D eigenvalue weighted by Crippen LogP contribution is -2.50. The van der Waals surface area contributed by atoms with Crippen molar-refractivity contribution in [2.75, 3.05) is 12.4 Å². The number of amides is 3. The predicted octanol–water partition coefficient (Wildman–Crippen LogP) is 1.73. The topological polar surface area (TPSA) is 88.3 Å². The van der Waals surface area contributed by atoms with Crippen LogP contribution < -0.4 is 11.1 Å². The van der Waals surface area contributed by atoms with Crippen molar-refractivity contribution >= 4 is 17.6 Å². The summed E-state index contributed by atoms with van der Waals surface area (Å²) < 4.78 is 0. The summed E-state index contributed by atoms with van der Waals surface area (Å²) >= 11 is 0. The van der Waals surface area contributed by atoms with E-state index in [-0.39, 0.29) is 23.9 Å². The lowest BCUT2D eigenvalue weighted by Gasteiger charge is -2.39. The molecule has 0 aromatic carbocycles. The molecule has 0 bridgehead atoms. The second-order valence-corrected chi connectivity index (χ2v) is 5.81. The molecule has 1 aliphatic rings. The van der Waals surface area contributed by atoms with E-state index < -0.39 is 0 Å². The molecular weight excluding hydrogens is 268 g/mol. The Kier molecular flexibility index (Phi) is 4.16. The highest BCUT2D eigenvalue weighted by Crippen LogP contribution is 2.31. The summed E-state index contributed by atoms with van der Waals surface area (Å²) in [4.78, 5) is 29.3. The van der Waals surface area contributed by atoms with Crippen LogP contribution in [0.15, 0.2) is 6.07 Å². The standard InChI is InChI=1S/C15H22N4O2/c1-8-5-9(2)17-10(3)13(8)18-15(21)19(4)12-6-11(7-12)14(16)20/h5,11-12H,6-7H2,1-4H3,(H2,16,20)(H,18,21). The Bertz CT molecular complexity index is 556. The zero-order valence-electron chi connectivity index (χ0n) is 12.9. The van der Waals surface area contributed by atoms with Crippen molar-refractivity contribution in [1.29, 1.82) is 0 Å². The molecule has 6 heteroatoms. The van der Waals surface area contributed by atoms with Gasteiger partial charge in [0.15, 0.2) is 0 Å². The Morgan fingerprint density at radius 2 is 1.95 bits per heavy atom. The van der Waals surface area contributed by atoms with Gasteiger partial charge >= 0.3 is 6.03 Å². The molecule has 21 heavy (non-hydrogen) atoms. The summed E-state index contributed by atoms with van der Waals surface area (Å²) in [6.45, 7) is 5.75. The third-order valence-corrected chi connectivity index (χ3v) is 4.14. The van der Waals surface area contributed by atoms with Crippen LogP contribution in [0.25, 0.3) is 0 Å². The lowest BCUT2D eigenvalue weighted by atomic mass is 9.79. The Labute approximate surface area is 124 Å². The second kappa shape index (κ2) is 5.71. The van der Waals surface area contributed by atoms with E-state index in [1.165, 1.54) is 0 Å². The van der Waals surface area contributed by atoms with E-state index in [1.54, 1.807) is 11.9 Å². The number of carbonyl (C=O) groups excluding carboxylic acids is 2. The normalized spacial score (nSPS) is 20.6. The minimum atomic E-state index is -0.283. The third kappa shape index (κ3) is 3.15. The average Bonchev–Trinajstić information content (AvgIpc) is 2.30. The quantitative estimate of drug-likeness (QED) is 0.888. The van der Waals surface area contributed by atoms with Crippen LogP contribution >= 0.6 is 0 Å². The van der Waals surface area contributed by atoms with Crippen LogP contribution in [0.4, 0.5) is 10.5 Å².